The van der Waals surface area contributed by atoms with Crippen molar-refractivity contribution in [3.63, 3.8) is 0 Å². The molecular weight excluding hydrogens is 204 g/mol. The van der Waals surface area contributed by atoms with Gasteiger partial charge in [0.25, 0.3) is 0 Å². The maximum atomic E-state index is 2.30. The van der Waals surface area contributed by atoms with Crippen LogP contribution in [-0.4, -0.2) is 0 Å². The van der Waals surface area contributed by atoms with Crippen molar-refractivity contribution in [2.45, 2.75) is 31.6 Å². The average Bonchev–Trinajstić information content (AvgIpc) is 2.32. The molecule has 0 N–H and O–H groups in total. The van der Waals surface area contributed by atoms with Gasteiger partial charge in [0, 0.05) is 0 Å². The zero-order valence-electron chi connectivity index (χ0n) is 10.3. The van der Waals surface area contributed by atoms with Gasteiger partial charge in [0.15, 0.2) is 0 Å². The normalized spacial score (nSPS) is 23.1. The van der Waals surface area contributed by atoms with Gasteiger partial charge in [-0.05, 0) is 42.7 Å². The van der Waals surface area contributed by atoms with Gasteiger partial charge in [-0.25, -0.2) is 0 Å². The molecule has 2 atom stereocenters. The molecule has 2 aromatic carbocycles. The Morgan fingerprint density at radius 2 is 1.24 bits per heavy atom. The predicted octanol–water partition coefficient (Wildman–Crippen LogP) is 4.66. The smallest absolute Gasteiger partial charge is 0.00929 e. The molecule has 0 heteroatoms. The fourth-order valence-corrected chi connectivity index (χ4v) is 2.81. The van der Waals surface area contributed by atoms with E-state index in [-0.39, 0.29) is 0 Å². The predicted molar refractivity (Wildman–Crippen MR) is 72.3 cm³/mol. The van der Waals surface area contributed by atoms with Gasteiger partial charge in [0.1, 0.15) is 0 Å². The summed E-state index contributed by atoms with van der Waals surface area (Å²) in [5.41, 5.74) is 4.37. The van der Waals surface area contributed by atoms with E-state index in [9.17, 15) is 0 Å². The fraction of sp³-hybridized carbons (Fsp3) is 0.294. The van der Waals surface area contributed by atoms with Crippen molar-refractivity contribution in [3.05, 3.63) is 71.3 Å². The van der Waals surface area contributed by atoms with Gasteiger partial charge in [0.05, 0.1) is 0 Å². The summed E-state index contributed by atoms with van der Waals surface area (Å²) in [5, 5.41) is 0. The van der Waals surface area contributed by atoms with Crippen LogP contribution in [0.2, 0.25) is 0 Å². The first-order chi connectivity index (χ1) is 8.34. The highest BCUT2D eigenvalue weighted by molar-refractivity contribution is 5.33. The monoisotopic (exact) mass is 222 g/mol. The van der Waals surface area contributed by atoms with Crippen LogP contribution in [0.3, 0.4) is 0 Å². The Morgan fingerprint density at radius 3 is 1.76 bits per heavy atom. The summed E-state index contributed by atoms with van der Waals surface area (Å²) >= 11 is 0. The van der Waals surface area contributed by atoms with Gasteiger partial charge in [0.2, 0.25) is 0 Å². The van der Waals surface area contributed by atoms with E-state index in [0.717, 1.165) is 11.8 Å². The Hall–Kier alpha value is -1.56. The first-order valence-corrected chi connectivity index (χ1v) is 6.46. The van der Waals surface area contributed by atoms with Gasteiger partial charge in [-0.15, -0.1) is 0 Å². The molecule has 0 aromatic heterocycles. The molecule has 1 aliphatic carbocycles. The van der Waals surface area contributed by atoms with Crippen LogP contribution in [0.15, 0.2) is 54.6 Å². The molecule has 0 radical (unpaired) electrons. The van der Waals surface area contributed by atoms with Gasteiger partial charge in [-0.1, -0.05) is 60.2 Å². The second-order valence-corrected chi connectivity index (χ2v) is 5.11. The zero-order valence-corrected chi connectivity index (χ0v) is 10.3. The van der Waals surface area contributed by atoms with Crippen molar-refractivity contribution < 1.29 is 0 Å². The highest BCUT2D eigenvalue weighted by atomic mass is 14.4. The van der Waals surface area contributed by atoms with Crippen LogP contribution in [0.5, 0.6) is 0 Å². The minimum absolute atomic E-state index is 0.734. The molecular formula is C17H18. The van der Waals surface area contributed by atoms with Crippen LogP contribution in [0.4, 0.5) is 0 Å². The molecule has 3 rings (SSSR count). The van der Waals surface area contributed by atoms with E-state index in [1.807, 2.05) is 0 Å². The van der Waals surface area contributed by atoms with Crippen LogP contribution in [0, 0.1) is 6.92 Å². The van der Waals surface area contributed by atoms with Crippen LogP contribution in [0.1, 0.15) is 41.4 Å². The summed E-state index contributed by atoms with van der Waals surface area (Å²) in [6.45, 7) is 2.15. The zero-order chi connectivity index (χ0) is 11.7. The van der Waals surface area contributed by atoms with E-state index >= 15 is 0 Å². The first kappa shape index (κ1) is 10.6. The van der Waals surface area contributed by atoms with Gasteiger partial charge in [-0.3, -0.25) is 0 Å². The Balaban J connectivity index is 1.84. The number of rotatable bonds is 2. The van der Waals surface area contributed by atoms with Crippen LogP contribution < -0.4 is 0 Å². The quantitative estimate of drug-likeness (QED) is 0.693. The molecule has 1 saturated carbocycles. The Labute approximate surface area is 103 Å². The van der Waals surface area contributed by atoms with Gasteiger partial charge < -0.3 is 0 Å². The molecule has 0 spiro atoms. The topological polar surface area (TPSA) is 0 Å². The van der Waals surface area contributed by atoms with Crippen molar-refractivity contribution in [1.82, 2.24) is 0 Å². The summed E-state index contributed by atoms with van der Waals surface area (Å²) in [4.78, 5) is 0. The highest BCUT2D eigenvalue weighted by Crippen LogP contribution is 2.48. The second kappa shape index (κ2) is 4.37. The first-order valence-electron chi connectivity index (χ1n) is 6.46. The molecule has 0 nitrogen and oxygen atoms in total. The highest BCUT2D eigenvalue weighted by Gasteiger charge is 2.32. The van der Waals surface area contributed by atoms with E-state index in [4.69, 9.17) is 0 Å². The Kier molecular flexibility index (Phi) is 2.72. The number of benzene rings is 2. The Bertz CT molecular complexity index is 481. The molecule has 1 aliphatic rings. The third-order valence-corrected chi connectivity index (χ3v) is 4.01. The molecule has 0 aliphatic heterocycles. The summed E-state index contributed by atoms with van der Waals surface area (Å²) in [6.07, 6.45) is 2.67. The van der Waals surface area contributed by atoms with Gasteiger partial charge in [-0.2, -0.15) is 0 Å². The van der Waals surface area contributed by atoms with Crippen molar-refractivity contribution in [2.75, 3.05) is 0 Å². The lowest BCUT2D eigenvalue weighted by molar-refractivity contribution is 0.346. The van der Waals surface area contributed by atoms with E-state index < -0.39 is 0 Å². The third kappa shape index (κ3) is 2.00. The number of aryl methyl sites for hydroxylation is 1. The fourth-order valence-electron chi connectivity index (χ4n) is 2.81. The Morgan fingerprint density at radius 1 is 0.706 bits per heavy atom. The summed E-state index contributed by atoms with van der Waals surface area (Å²) in [6, 6.07) is 20.0. The standard InChI is InChI=1S/C17H18/c1-13-7-9-15(10-8-13)17-12-11-16(17)14-5-3-2-4-6-14/h2-10,16-17H,11-12H2,1H3. The summed E-state index contributed by atoms with van der Waals surface area (Å²) in [7, 11) is 0. The molecule has 2 unspecified atom stereocenters. The van der Waals surface area contributed by atoms with Crippen LogP contribution in [-0.2, 0) is 0 Å². The molecule has 2 aromatic rings. The van der Waals surface area contributed by atoms with Crippen molar-refractivity contribution in [3.8, 4) is 0 Å². The lowest BCUT2D eigenvalue weighted by atomic mass is 9.67. The summed E-state index contributed by atoms with van der Waals surface area (Å²) < 4.78 is 0. The van der Waals surface area contributed by atoms with E-state index in [2.05, 4.69) is 61.5 Å². The minimum Gasteiger partial charge on any atom is -0.0622 e. The molecule has 0 amide bonds. The molecule has 0 saturated heterocycles. The summed E-state index contributed by atoms with van der Waals surface area (Å²) in [5.74, 6) is 1.47. The lowest BCUT2D eigenvalue weighted by Crippen LogP contribution is -2.21. The molecule has 0 heterocycles. The largest absolute Gasteiger partial charge is 0.0622 e. The molecule has 86 valence electrons. The molecule has 17 heavy (non-hydrogen) atoms. The third-order valence-electron chi connectivity index (χ3n) is 4.01. The molecule has 1 fully saturated rings. The van der Waals surface area contributed by atoms with Crippen molar-refractivity contribution >= 4 is 0 Å². The van der Waals surface area contributed by atoms with E-state index in [1.54, 1.807) is 0 Å². The maximum Gasteiger partial charge on any atom is -0.00929 e. The number of hydrogen-bond donors (Lipinski definition) is 0. The average molecular weight is 222 g/mol. The van der Waals surface area contributed by atoms with Crippen molar-refractivity contribution in [2.24, 2.45) is 0 Å². The lowest BCUT2D eigenvalue weighted by Gasteiger charge is -2.37. The molecule has 0 bridgehead atoms. The SMILES string of the molecule is Cc1ccc(C2CCC2c2ccccc2)cc1. The van der Waals surface area contributed by atoms with E-state index in [0.29, 0.717) is 0 Å². The minimum atomic E-state index is 0.734. The second-order valence-electron chi connectivity index (χ2n) is 5.11. The van der Waals surface area contributed by atoms with Gasteiger partial charge >= 0.3 is 0 Å². The van der Waals surface area contributed by atoms with E-state index in [1.165, 1.54) is 29.5 Å². The maximum absolute atomic E-state index is 2.30. The van der Waals surface area contributed by atoms with Crippen LogP contribution in [0.25, 0.3) is 0 Å². The van der Waals surface area contributed by atoms with Crippen molar-refractivity contribution in [1.29, 1.82) is 0 Å². The number of hydrogen-bond acceptors (Lipinski definition) is 0. The van der Waals surface area contributed by atoms with Crippen LogP contribution >= 0.6 is 0 Å².